The van der Waals surface area contributed by atoms with Crippen molar-refractivity contribution >= 4 is 34.7 Å². The molecule has 0 bridgehead atoms. The van der Waals surface area contributed by atoms with Crippen LogP contribution >= 0.6 is 0 Å². The molecule has 11 heteroatoms. The second-order valence-corrected chi connectivity index (χ2v) is 10.5. The van der Waals surface area contributed by atoms with E-state index in [1.165, 1.54) is 12.1 Å². The molecule has 0 atom stereocenters. The summed E-state index contributed by atoms with van der Waals surface area (Å²) in [7, 11) is 1.73. The molecule has 0 saturated heterocycles. The second kappa shape index (κ2) is 14.2. The molecular formula is C33H35F3N4O4. The number of carbonyl (C=O) groups excluding carboxylic acids is 3. The molecule has 4 rings (SSSR count). The lowest BCUT2D eigenvalue weighted by Crippen LogP contribution is -2.37. The van der Waals surface area contributed by atoms with E-state index in [4.69, 9.17) is 4.98 Å². The predicted octanol–water partition coefficient (Wildman–Crippen LogP) is 7.29. The molecule has 1 heterocycles. The minimum Gasteiger partial charge on any atom is -0.383 e. The SMILES string of the molecule is CCCCNC(=O)N(C)c1ccc2nc(CCCC)n(Cc3ccc(-c4ccccc4C(=O)OC(=O)C(F)(F)F)cc3)c2c1. The number of esters is 2. The highest BCUT2D eigenvalue weighted by Gasteiger charge is 2.42. The summed E-state index contributed by atoms with van der Waals surface area (Å²) in [6.07, 6.45) is -0.662. The fourth-order valence-electron chi connectivity index (χ4n) is 4.76. The number of hydrogen-bond donors (Lipinski definition) is 1. The third-order valence-electron chi connectivity index (χ3n) is 7.23. The monoisotopic (exact) mass is 608 g/mol. The van der Waals surface area contributed by atoms with Crippen LogP contribution in [0.5, 0.6) is 0 Å². The zero-order valence-electron chi connectivity index (χ0n) is 24.9. The third kappa shape index (κ3) is 7.64. The number of amides is 2. The number of nitrogens with one attached hydrogen (secondary N) is 1. The van der Waals surface area contributed by atoms with E-state index in [0.717, 1.165) is 60.2 Å². The van der Waals surface area contributed by atoms with E-state index < -0.39 is 18.1 Å². The number of aromatic nitrogens is 2. The largest absolute Gasteiger partial charge is 0.491 e. The first-order chi connectivity index (χ1) is 21.0. The Morgan fingerprint density at radius 2 is 1.66 bits per heavy atom. The summed E-state index contributed by atoms with van der Waals surface area (Å²) in [5, 5.41) is 2.93. The van der Waals surface area contributed by atoms with Gasteiger partial charge in [0.25, 0.3) is 0 Å². The fourth-order valence-corrected chi connectivity index (χ4v) is 4.76. The Morgan fingerprint density at radius 1 is 0.955 bits per heavy atom. The van der Waals surface area contributed by atoms with Gasteiger partial charge in [-0.3, -0.25) is 4.90 Å². The van der Waals surface area contributed by atoms with Crippen LogP contribution < -0.4 is 10.2 Å². The van der Waals surface area contributed by atoms with Gasteiger partial charge in [-0.15, -0.1) is 0 Å². The predicted molar refractivity (Wildman–Crippen MR) is 163 cm³/mol. The van der Waals surface area contributed by atoms with E-state index >= 15 is 0 Å². The van der Waals surface area contributed by atoms with Gasteiger partial charge in [-0.2, -0.15) is 13.2 Å². The van der Waals surface area contributed by atoms with E-state index in [2.05, 4.69) is 28.5 Å². The van der Waals surface area contributed by atoms with Gasteiger partial charge in [-0.05, 0) is 53.8 Å². The van der Waals surface area contributed by atoms with Crippen LogP contribution in [-0.2, 0) is 22.5 Å². The van der Waals surface area contributed by atoms with Crippen LogP contribution in [0.3, 0.4) is 0 Å². The van der Waals surface area contributed by atoms with Gasteiger partial charge in [-0.25, -0.2) is 19.4 Å². The number of anilines is 1. The molecule has 232 valence electrons. The van der Waals surface area contributed by atoms with Crippen LogP contribution in [0.2, 0.25) is 0 Å². The number of hydrogen-bond acceptors (Lipinski definition) is 5. The molecule has 0 spiro atoms. The second-order valence-electron chi connectivity index (χ2n) is 10.5. The number of nitrogens with zero attached hydrogens (tertiary/aromatic N) is 3. The Hall–Kier alpha value is -4.67. The summed E-state index contributed by atoms with van der Waals surface area (Å²) in [4.78, 5) is 42.8. The number of halogens is 3. The molecule has 3 aromatic carbocycles. The molecule has 0 saturated carbocycles. The average molecular weight is 609 g/mol. The van der Waals surface area contributed by atoms with E-state index in [9.17, 15) is 27.6 Å². The van der Waals surface area contributed by atoms with Crippen molar-refractivity contribution in [2.45, 2.75) is 58.7 Å². The molecule has 0 unspecified atom stereocenters. The molecule has 0 aliphatic rings. The topological polar surface area (TPSA) is 93.5 Å². The molecule has 44 heavy (non-hydrogen) atoms. The van der Waals surface area contributed by atoms with E-state index in [0.29, 0.717) is 24.2 Å². The molecule has 8 nitrogen and oxygen atoms in total. The molecule has 4 aromatic rings. The number of benzene rings is 3. The minimum atomic E-state index is -5.28. The van der Waals surface area contributed by atoms with Crippen LogP contribution in [0.15, 0.2) is 66.7 Å². The number of unbranched alkanes of at least 4 members (excludes halogenated alkanes) is 2. The minimum absolute atomic E-state index is 0.157. The summed E-state index contributed by atoms with van der Waals surface area (Å²) >= 11 is 0. The molecule has 0 fully saturated rings. The first-order valence-electron chi connectivity index (χ1n) is 14.6. The summed E-state index contributed by atoms with van der Waals surface area (Å²) in [6, 6.07) is 18.8. The lowest BCUT2D eigenvalue weighted by molar-refractivity contribution is -0.193. The lowest BCUT2D eigenvalue weighted by atomic mass is 9.98. The van der Waals surface area contributed by atoms with Crippen molar-refractivity contribution < 1.29 is 32.3 Å². The Morgan fingerprint density at radius 3 is 2.34 bits per heavy atom. The molecule has 2 amide bonds. The van der Waals surface area contributed by atoms with Gasteiger partial charge < -0.3 is 14.6 Å². The lowest BCUT2D eigenvalue weighted by Gasteiger charge is -2.18. The number of aryl methyl sites for hydroxylation is 1. The summed E-state index contributed by atoms with van der Waals surface area (Å²) in [5.41, 5.74) is 4.11. The van der Waals surface area contributed by atoms with Gasteiger partial charge in [0.15, 0.2) is 0 Å². The number of alkyl halides is 3. The van der Waals surface area contributed by atoms with Gasteiger partial charge in [0.2, 0.25) is 0 Å². The zero-order chi connectivity index (χ0) is 31.9. The number of urea groups is 1. The van der Waals surface area contributed by atoms with Crippen LogP contribution in [0.4, 0.5) is 23.7 Å². The van der Waals surface area contributed by atoms with E-state index in [-0.39, 0.29) is 11.6 Å². The van der Waals surface area contributed by atoms with Gasteiger partial charge in [-0.1, -0.05) is 69.2 Å². The smallest absolute Gasteiger partial charge is 0.383 e. The van der Waals surface area contributed by atoms with Crippen molar-refractivity contribution in [3.05, 3.63) is 83.7 Å². The van der Waals surface area contributed by atoms with Crippen molar-refractivity contribution in [3.63, 3.8) is 0 Å². The first kappa shape index (κ1) is 32.2. The molecule has 0 aliphatic carbocycles. The third-order valence-corrected chi connectivity index (χ3v) is 7.23. The molecule has 0 radical (unpaired) electrons. The highest BCUT2D eigenvalue weighted by Crippen LogP contribution is 2.28. The van der Waals surface area contributed by atoms with Crippen LogP contribution in [0, 0.1) is 0 Å². The van der Waals surface area contributed by atoms with Gasteiger partial charge in [0.05, 0.1) is 16.6 Å². The van der Waals surface area contributed by atoms with Crippen molar-refractivity contribution in [1.82, 2.24) is 14.9 Å². The van der Waals surface area contributed by atoms with Crippen molar-refractivity contribution in [1.29, 1.82) is 0 Å². The quantitative estimate of drug-likeness (QED) is 0.110. The van der Waals surface area contributed by atoms with E-state index in [1.807, 2.05) is 30.3 Å². The Balaban J connectivity index is 1.62. The Bertz CT molecular complexity index is 1630. The summed E-state index contributed by atoms with van der Waals surface area (Å²) < 4.78 is 44.1. The number of imidazole rings is 1. The van der Waals surface area contributed by atoms with Crippen molar-refractivity contribution in [3.8, 4) is 11.1 Å². The van der Waals surface area contributed by atoms with Gasteiger partial charge in [0.1, 0.15) is 5.82 Å². The van der Waals surface area contributed by atoms with Gasteiger partial charge >= 0.3 is 24.1 Å². The normalized spacial score (nSPS) is 11.4. The Labute approximate surface area is 253 Å². The summed E-state index contributed by atoms with van der Waals surface area (Å²) in [5.74, 6) is -3.02. The number of rotatable bonds is 11. The highest BCUT2D eigenvalue weighted by molar-refractivity contribution is 6.03. The van der Waals surface area contributed by atoms with E-state index in [1.54, 1.807) is 36.2 Å². The number of carbonyl (C=O) groups is 3. The molecule has 0 aliphatic heterocycles. The highest BCUT2D eigenvalue weighted by atomic mass is 19.4. The van der Waals surface area contributed by atoms with Crippen molar-refractivity contribution in [2.24, 2.45) is 0 Å². The summed E-state index contributed by atoms with van der Waals surface area (Å²) in [6.45, 7) is 5.27. The van der Waals surface area contributed by atoms with Crippen molar-refractivity contribution in [2.75, 3.05) is 18.5 Å². The van der Waals surface area contributed by atoms with Crippen LogP contribution in [-0.4, -0.2) is 47.3 Å². The zero-order valence-corrected chi connectivity index (χ0v) is 24.9. The number of fused-ring (bicyclic) bond motifs is 1. The fraction of sp³-hybridized carbons (Fsp3) is 0.333. The Kier molecular flexibility index (Phi) is 10.4. The maximum atomic E-state index is 12.7. The molecule has 1 N–H and O–H groups in total. The standard InChI is InChI=1S/C33H35F3N4O4/c1-4-6-12-29-38-27-18-17-24(39(3)32(43)37-19-7-5-2)20-28(27)40(29)21-22-13-15-23(16-14-22)25-10-8-9-11-26(25)30(41)44-31(42)33(34,35)36/h8-11,13-18,20H,4-7,12,19,21H2,1-3H3,(H,37,43). The average Bonchev–Trinajstić information content (AvgIpc) is 3.35. The van der Waals surface area contributed by atoms with Gasteiger partial charge in [0, 0.05) is 32.2 Å². The van der Waals surface area contributed by atoms with Crippen LogP contribution in [0.1, 0.15) is 61.3 Å². The molecular weight excluding hydrogens is 573 g/mol. The van der Waals surface area contributed by atoms with Crippen LogP contribution in [0.25, 0.3) is 22.2 Å². The maximum Gasteiger partial charge on any atom is 0.491 e. The maximum absolute atomic E-state index is 12.7. The first-order valence-corrected chi connectivity index (χ1v) is 14.6. The molecule has 1 aromatic heterocycles. The number of ether oxygens (including phenoxy) is 1.